The Bertz CT molecular complexity index is 494. The summed E-state index contributed by atoms with van der Waals surface area (Å²) in [4.78, 5) is 21.5. The first-order valence-corrected chi connectivity index (χ1v) is 6.54. The predicted octanol–water partition coefficient (Wildman–Crippen LogP) is -0.343. The van der Waals surface area contributed by atoms with E-state index in [1.165, 1.54) is 10.9 Å². The molecule has 3 N–H and O–H groups in total. The zero-order chi connectivity index (χ0) is 16.0. The van der Waals surface area contributed by atoms with Crippen molar-refractivity contribution in [3.63, 3.8) is 0 Å². The molecule has 0 saturated carbocycles. The van der Waals surface area contributed by atoms with Crippen molar-refractivity contribution in [2.24, 2.45) is 0 Å². The van der Waals surface area contributed by atoms with E-state index in [1.807, 2.05) is 20.8 Å². The van der Waals surface area contributed by atoms with Crippen LogP contribution in [0.1, 0.15) is 20.8 Å². The third-order valence-electron chi connectivity index (χ3n) is 2.41. The fourth-order valence-electron chi connectivity index (χ4n) is 1.64. The smallest absolute Gasteiger partial charge is 0.306 e. The molecule has 1 aromatic rings. The van der Waals surface area contributed by atoms with E-state index in [4.69, 9.17) is 0 Å². The van der Waals surface area contributed by atoms with Crippen LogP contribution in [0.15, 0.2) is 12.4 Å². The minimum Gasteiger partial charge on any atom is -0.390 e. The van der Waals surface area contributed by atoms with Crippen molar-refractivity contribution in [2.75, 3.05) is 13.1 Å². The topological polar surface area (TPSA) is 122 Å². The summed E-state index contributed by atoms with van der Waals surface area (Å²) in [5.74, 6) is -0.163. The Kier molecular flexibility index (Phi) is 5.79. The second-order valence-electron chi connectivity index (χ2n) is 5.76. The van der Waals surface area contributed by atoms with Gasteiger partial charge in [-0.15, -0.1) is 0 Å². The molecule has 0 fully saturated rings. The first kappa shape index (κ1) is 17.1. The third-order valence-corrected chi connectivity index (χ3v) is 2.41. The second-order valence-corrected chi connectivity index (χ2v) is 5.76. The van der Waals surface area contributed by atoms with Crippen LogP contribution in [0.2, 0.25) is 0 Å². The van der Waals surface area contributed by atoms with Gasteiger partial charge in [0.25, 0.3) is 0 Å². The molecular weight excluding hydrogens is 278 g/mol. The zero-order valence-electron chi connectivity index (χ0n) is 12.4. The summed E-state index contributed by atoms with van der Waals surface area (Å²) < 4.78 is 1.29. The van der Waals surface area contributed by atoms with E-state index < -0.39 is 11.0 Å². The number of rotatable bonds is 7. The molecule has 0 bridgehead atoms. The lowest BCUT2D eigenvalue weighted by atomic mass is 10.1. The minimum atomic E-state index is -0.799. The Hall–Kier alpha value is -2.00. The average molecular weight is 299 g/mol. The molecule has 0 aliphatic carbocycles. The molecule has 9 heteroatoms. The molecule has 0 saturated heterocycles. The van der Waals surface area contributed by atoms with Gasteiger partial charge in [0.15, 0.2) is 0 Å². The maximum absolute atomic E-state index is 11.5. The highest BCUT2D eigenvalue weighted by Crippen LogP contribution is 2.07. The number of amides is 1. The van der Waals surface area contributed by atoms with Crippen molar-refractivity contribution in [1.82, 2.24) is 20.4 Å². The van der Waals surface area contributed by atoms with Gasteiger partial charge in [-0.2, -0.15) is 5.10 Å². The molecule has 1 rings (SSSR count). The molecule has 0 aromatic carbocycles. The van der Waals surface area contributed by atoms with Gasteiger partial charge in [-0.1, -0.05) is 0 Å². The van der Waals surface area contributed by atoms with Gasteiger partial charge in [0.05, 0.1) is 24.1 Å². The summed E-state index contributed by atoms with van der Waals surface area (Å²) >= 11 is 0. The van der Waals surface area contributed by atoms with E-state index in [0.717, 1.165) is 6.20 Å². The Morgan fingerprint density at radius 1 is 1.57 bits per heavy atom. The summed E-state index contributed by atoms with van der Waals surface area (Å²) in [7, 11) is 0. The number of carbonyl (C=O) groups is 1. The molecule has 0 spiro atoms. The quantitative estimate of drug-likeness (QED) is 0.467. The first-order chi connectivity index (χ1) is 9.67. The van der Waals surface area contributed by atoms with Crippen molar-refractivity contribution in [2.45, 2.75) is 39.0 Å². The van der Waals surface area contributed by atoms with Crippen LogP contribution in [0.5, 0.6) is 0 Å². The molecule has 1 aromatic heterocycles. The number of aromatic nitrogens is 2. The number of aliphatic hydroxyl groups is 1. The normalized spacial score (nSPS) is 13.0. The highest BCUT2D eigenvalue weighted by molar-refractivity contribution is 5.78. The average Bonchev–Trinajstić information content (AvgIpc) is 2.74. The molecule has 1 unspecified atom stereocenters. The highest BCUT2D eigenvalue weighted by atomic mass is 16.6. The largest absolute Gasteiger partial charge is 0.390 e. The van der Waals surface area contributed by atoms with Gasteiger partial charge in [0.2, 0.25) is 5.91 Å². The van der Waals surface area contributed by atoms with Crippen molar-refractivity contribution in [1.29, 1.82) is 0 Å². The summed E-state index contributed by atoms with van der Waals surface area (Å²) in [5.41, 5.74) is -0.425. The van der Waals surface area contributed by atoms with Gasteiger partial charge in [0.1, 0.15) is 12.4 Å². The summed E-state index contributed by atoms with van der Waals surface area (Å²) in [6.07, 6.45) is 1.57. The molecule has 0 radical (unpaired) electrons. The van der Waals surface area contributed by atoms with Gasteiger partial charge >= 0.3 is 5.69 Å². The maximum Gasteiger partial charge on any atom is 0.306 e. The number of carbonyl (C=O) groups excluding carboxylic acids is 1. The maximum atomic E-state index is 11.5. The SMILES string of the molecule is CC(C)(C)NC(=O)CNCC(O)Cn1cc([N+](=O)[O-])cn1. The molecule has 1 amide bonds. The Labute approximate surface area is 122 Å². The van der Waals surface area contributed by atoms with Crippen molar-refractivity contribution in [3.8, 4) is 0 Å². The number of aliphatic hydroxyl groups excluding tert-OH is 1. The Morgan fingerprint density at radius 2 is 2.24 bits per heavy atom. The Balaban J connectivity index is 2.29. The van der Waals surface area contributed by atoms with E-state index in [-0.39, 0.29) is 36.8 Å². The van der Waals surface area contributed by atoms with E-state index in [0.29, 0.717) is 0 Å². The number of hydrogen-bond donors (Lipinski definition) is 3. The van der Waals surface area contributed by atoms with Crippen molar-refractivity contribution in [3.05, 3.63) is 22.5 Å². The van der Waals surface area contributed by atoms with Crippen LogP contribution < -0.4 is 10.6 Å². The lowest BCUT2D eigenvalue weighted by molar-refractivity contribution is -0.385. The van der Waals surface area contributed by atoms with Crippen LogP contribution in [0, 0.1) is 10.1 Å². The molecule has 118 valence electrons. The van der Waals surface area contributed by atoms with Gasteiger partial charge in [-0.05, 0) is 20.8 Å². The van der Waals surface area contributed by atoms with Gasteiger partial charge < -0.3 is 15.7 Å². The van der Waals surface area contributed by atoms with Crippen LogP contribution in [0.3, 0.4) is 0 Å². The zero-order valence-corrected chi connectivity index (χ0v) is 12.4. The fourth-order valence-corrected chi connectivity index (χ4v) is 1.64. The van der Waals surface area contributed by atoms with Crippen LogP contribution >= 0.6 is 0 Å². The molecular formula is C12H21N5O4. The molecule has 21 heavy (non-hydrogen) atoms. The standard InChI is InChI=1S/C12H21N5O4/c1-12(2,3)15-11(19)6-13-5-10(18)8-16-7-9(4-14-16)17(20)21/h4,7,10,13,18H,5-6,8H2,1-3H3,(H,15,19). The number of hydrogen-bond acceptors (Lipinski definition) is 6. The number of nitrogens with one attached hydrogen (secondary N) is 2. The van der Waals surface area contributed by atoms with Gasteiger partial charge in [0, 0.05) is 12.1 Å². The monoisotopic (exact) mass is 299 g/mol. The summed E-state index contributed by atoms with van der Waals surface area (Å²) in [6.45, 7) is 6.03. The van der Waals surface area contributed by atoms with Crippen LogP contribution in [0.4, 0.5) is 5.69 Å². The van der Waals surface area contributed by atoms with E-state index in [2.05, 4.69) is 15.7 Å². The minimum absolute atomic E-state index is 0.0909. The predicted molar refractivity (Wildman–Crippen MR) is 75.7 cm³/mol. The lowest BCUT2D eigenvalue weighted by Gasteiger charge is -2.21. The van der Waals surface area contributed by atoms with Crippen molar-refractivity contribution >= 4 is 11.6 Å². The number of nitro groups is 1. The van der Waals surface area contributed by atoms with E-state index in [1.54, 1.807) is 0 Å². The third kappa shape index (κ3) is 6.82. The Morgan fingerprint density at radius 3 is 2.76 bits per heavy atom. The molecule has 9 nitrogen and oxygen atoms in total. The second kappa shape index (κ2) is 7.14. The van der Waals surface area contributed by atoms with Crippen LogP contribution in [-0.2, 0) is 11.3 Å². The lowest BCUT2D eigenvalue weighted by Crippen LogP contribution is -2.46. The van der Waals surface area contributed by atoms with E-state index >= 15 is 0 Å². The van der Waals surface area contributed by atoms with Gasteiger partial charge in [-0.25, -0.2) is 0 Å². The molecule has 1 heterocycles. The van der Waals surface area contributed by atoms with Crippen LogP contribution in [-0.4, -0.2) is 50.4 Å². The summed E-state index contributed by atoms with van der Waals surface area (Å²) in [5, 5.41) is 29.6. The highest BCUT2D eigenvalue weighted by Gasteiger charge is 2.14. The van der Waals surface area contributed by atoms with Crippen LogP contribution in [0.25, 0.3) is 0 Å². The molecule has 0 aliphatic rings. The number of nitrogens with zero attached hydrogens (tertiary/aromatic N) is 3. The molecule has 0 aliphatic heterocycles. The van der Waals surface area contributed by atoms with E-state index in [9.17, 15) is 20.0 Å². The summed E-state index contributed by atoms with van der Waals surface area (Å²) in [6, 6.07) is 0. The van der Waals surface area contributed by atoms with Gasteiger partial charge in [-0.3, -0.25) is 19.6 Å². The fraction of sp³-hybridized carbons (Fsp3) is 0.667. The van der Waals surface area contributed by atoms with Crippen molar-refractivity contribution < 1.29 is 14.8 Å². The molecule has 1 atom stereocenters. The first-order valence-electron chi connectivity index (χ1n) is 6.54.